The third-order valence-corrected chi connectivity index (χ3v) is 5.14. The van der Waals surface area contributed by atoms with Crippen LogP contribution in [0.25, 0.3) is 0 Å². The molecule has 0 atom stereocenters. The van der Waals surface area contributed by atoms with Crippen LogP contribution in [0.5, 0.6) is 0 Å². The largest absolute Gasteiger partial charge is 0.382 e. The first-order valence-electron chi connectivity index (χ1n) is 7.44. The molecule has 4 N–H and O–H groups in total. The molecule has 0 radical (unpaired) electrons. The Morgan fingerprint density at radius 2 is 2.19 bits per heavy atom. The van der Waals surface area contributed by atoms with E-state index in [1.165, 1.54) is 24.2 Å². The Balaban J connectivity index is 1.58. The summed E-state index contributed by atoms with van der Waals surface area (Å²) in [5.74, 6) is 0.194. The molecular formula is C14H22N4O2S. The Kier molecular flexibility index (Phi) is 4.03. The number of thiazole rings is 1. The molecule has 1 amide bonds. The van der Waals surface area contributed by atoms with Crippen molar-refractivity contribution in [3.8, 4) is 0 Å². The lowest BCUT2D eigenvalue weighted by atomic mass is 9.82. The van der Waals surface area contributed by atoms with Gasteiger partial charge >= 0.3 is 0 Å². The van der Waals surface area contributed by atoms with Crippen molar-refractivity contribution in [2.45, 2.75) is 38.6 Å². The van der Waals surface area contributed by atoms with E-state index in [1.54, 1.807) is 0 Å². The Labute approximate surface area is 128 Å². The molecule has 1 aromatic heterocycles. The van der Waals surface area contributed by atoms with Crippen molar-refractivity contribution in [2.24, 2.45) is 5.41 Å². The molecule has 0 spiro atoms. The monoisotopic (exact) mass is 310 g/mol. The van der Waals surface area contributed by atoms with Gasteiger partial charge in [-0.25, -0.2) is 4.98 Å². The fourth-order valence-electron chi connectivity index (χ4n) is 2.37. The summed E-state index contributed by atoms with van der Waals surface area (Å²) >= 11 is 1.34. The highest BCUT2D eigenvalue weighted by Crippen LogP contribution is 2.31. The molecule has 1 aliphatic heterocycles. The maximum absolute atomic E-state index is 12.3. The maximum atomic E-state index is 12.3. The Bertz CT molecular complexity index is 521. The summed E-state index contributed by atoms with van der Waals surface area (Å²) in [6.45, 7) is 4.37. The van der Waals surface area contributed by atoms with E-state index in [2.05, 4.69) is 22.5 Å². The van der Waals surface area contributed by atoms with Crippen LogP contribution in [-0.4, -0.2) is 36.7 Å². The average Bonchev–Trinajstić information content (AvgIpc) is 3.19. The minimum absolute atomic E-state index is 0.114. The van der Waals surface area contributed by atoms with Crippen molar-refractivity contribution in [3.63, 3.8) is 0 Å². The molecule has 2 fully saturated rings. The third-order valence-electron chi connectivity index (χ3n) is 4.14. The quantitative estimate of drug-likeness (QED) is 0.772. The van der Waals surface area contributed by atoms with Gasteiger partial charge in [0.25, 0.3) is 5.91 Å². The topological polar surface area (TPSA) is 89.3 Å². The van der Waals surface area contributed by atoms with E-state index in [4.69, 9.17) is 10.5 Å². The van der Waals surface area contributed by atoms with E-state index in [9.17, 15) is 4.79 Å². The number of hydrogen-bond donors (Lipinski definition) is 3. The normalized spacial score (nSPS) is 21.0. The lowest BCUT2D eigenvalue weighted by Gasteiger charge is -2.33. The number of hydrogen-bond acceptors (Lipinski definition) is 6. The van der Waals surface area contributed by atoms with Crippen LogP contribution in [0, 0.1) is 5.41 Å². The molecule has 0 bridgehead atoms. The van der Waals surface area contributed by atoms with Crippen LogP contribution in [0.3, 0.4) is 0 Å². The van der Waals surface area contributed by atoms with Crippen molar-refractivity contribution < 1.29 is 9.53 Å². The smallest absolute Gasteiger partial charge is 0.265 e. The van der Waals surface area contributed by atoms with Gasteiger partial charge in [0.15, 0.2) is 5.13 Å². The molecule has 2 aliphatic rings. The number of amides is 1. The zero-order chi connectivity index (χ0) is 14.9. The van der Waals surface area contributed by atoms with Crippen molar-refractivity contribution in [3.05, 3.63) is 4.88 Å². The summed E-state index contributed by atoms with van der Waals surface area (Å²) in [6, 6.07) is 0.507. The van der Waals surface area contributed by atoms with Crippen LogP contribution < -0.4 is 16.4 Å². The molecule has 21 heavy (non-hydrogen) atoms. The lowest BCUT2D eigenvalue weighted by molar-refractivity contribution is 0.0239. The molecule has 7 heteroatoms. The zero-order valence-corrected chi connectivity index (χ0v) is 13.1. The molecule has 1 aromatic rings. The summed E-state index contributed by atoms with van der Waals surface area (Å²) in [5.41, 5.74) is 5.97. The minimum Gasteiger partial charge on any atom is -0.382 e. The zero-order valence-electron chi connectivity index (χ0n) is 12.3. The molecule has 2 heterocycles. The van der Waals surface area contributed by atoms with Gasteiger partial charge in [-0.15, -0.1) is 0 Å². The minimum atomic E-state index is -0.124. The number of anilines is 2. The number of ether oxygens (including phenoxy) is 1. The standard InChI is InChI=1S/C14H22N4O2S/c1-14(4-6-20-7-5-14)8-16-12(19)10-11(15)18-13(21-10)17-9-2-3-9/h9H,2-8,15H2,1H3,(H,16,19)(H,17,18). The number of nitrogens with zero attached hydrogens (tertiary/aromatic N) is 1. The fraction of sp³-hybridized carbons (Fsp3) is 0.714. The molecule has 6 nitrogen and oxygen atoms in total. The molecule has 1 saturated carbocycles. The molecule has 3 rings (SSSR count). The van der Waals surface area contributed by atoms with E-state index >= 15 is 0 Å². The second kappa shape index (κ2) is 5.81. The first-order valence-corrected chi connectivity index (χ1v) is 8.26. The van der Waals surface area contributed by atoms with Gasteiger partial charge in [0.1, 0.15) is 10.7 Å². The highest BCUT2D eigenvalue weighted by Gasteiger charge is 2.29. The highest BCUT2D eigenvalue weighted by atomic mass is 32.1. The Morgan fingerprint density at radius 1 is 1.48 bits per heavy atom. The van der Waals surface area contributed by atoms with Gasteiger partial charge in [-0.2, -0.15) is 0 Å². The predicted octanol–water partition coefficient (Wildman–Crippen LogP) is 1.85. The van der Waals surface area contributed by atoms with Crippen LogP contribution in [0.4, 0.5) is 10.9 Å². The van der Waals surface area contributed by atoms with Gasteiger partial charge in [0.05, 0.1) is 0 Å². The number of carbonyl (C=O) groups is 1. The molecule has 1 aliphatic carbocycles. The summed E-state index contributed by atoms with van der Waals surface area (Å²) in [7, 11) is 0. The lowest BCUT2D eigenvalue weighted by Crippen LogP contribution is -2.39. The van der Waals surface area contributed by atoms with Crippen molar-refractivity contribution >= 4 is 28.2 Å². The fourth-order valence-corrected chi connectivity index (χ4v) is 3.25. The average molecular weight is 310 g/mol. The van der Waals surface area contributed by atoms with Crippen molar-refractivity contribution in [2.75, 3.05) is 30.8 Å². The third kappa shape index (κ3) is 3.65. The van der Waals surface area contributed by atoms with E-state index in [0.29, 0.717) is 23.3 Å². The van der Waals surface area contributed by atoms with Crippen LogP contribution in [0.15, 0.2) is 0 Å². The maximum Gasteiger partial charge on any atom is 0.265 e. The number of aromatic nitrogens is 1. The molecule has 0 unspecified atom stereocenters. The predicted molar refractivity (Wildman–Crippen MR) is 83.7 cm³/mol. The number of nitrogens with two attached hydrogens (primary N) is 1. The van der Waals surface area contributed by atoms with Gasteiger partial charge < -0.3 is 21.1 Å². The van der Waals surface area contributed by atoms with Crippen molar-refractivity contribution in [1.82, 2.24) is 10.3 Å². The summed E-state index contributed by atoms with van der Waals surface area (Å²) in [6.07, 6.45) is 4.28. The van der Waals surface area contributed by atoms with Gasteiger partial charge in [-0.3, -0.25) is 4.79 Å². The Hall–Kier alpha value is -1.34. The van der Waals surface area contributed by atoms with E-state index in [1.807, 2.05) is 0 Å². The number of nitrogens with one attached hydrogen (secondary N) is 2. The van der Waals surface area contributed by atoms with Crippen LogP contribution >= 0.6 is 11.3 Å². The first-order chi connectivity index (χ1) is 10.1. The van der Waals surface area contributed by atoms with Gasteiger partial charge in [0.2, 0.25) is 0 Å². The van der Waals surface area contributed by atoms with Gasteiger partial charge in [-0.05, 0) is 31.1 Å². The van der Waals surface area contributed by atoms with Gasteiger partial charge in [0, 0.05) is 25.8 Å². The van der Waals surface area contributed by atoms with Crippen LogP contribution in [0.2, 0.25) is 0 Å². The van der Waals surface area contributed by atoms with Crippen LogP contribution in [0.1, 0.15) is 42.3 Å². The second-order valence-corrected chi connectivity index (χ2v) is 7.26. The summed E-state index contributed by atoms with van der Waals surface area (Å²) < 4.78 is 5.37. The number of rotatable bonds is 5. The molecule has 0 aromatic carbocycles. The summed E-state index contributed by atoms with van der Waals surface area (Å²) in [4.78, 5) is 17.0. The Morgan fingerprint density at radius 3 is 2.86 bits per heavy atom. The molecule has 1 saturated heterocycles. The van der Waals surface area contributed by atoms with Crippen LogP contribution in [-0.2, 0) is 4.74 Å². The summed E-state index contributed by atoms with van der Waals surface area (Å²) in [5, 5.41) is 7.02. The van der Waals surface area contributed by atoms with E-state index in [0.717, 1.165) is 31.2 Å². The molecular weight excluding hydrogens is 288 g/mol. The highest BCUT2D eigenvalue weighted by molar-refractivity contribution is 7.18. The van der Waals surface area contributed by atoms with E-state index in [-0.39, 0.29) is 11.3 Å². The number of nitrogen functional groups attached to an aromatic ring is 1. The first kappa shape index (κ1) is 14.6. The second-order valence-electron chi connectivity index (χ2n) is 6.26. The SMILES string of the molecule is CC1(CNC(=O)c2sc(NC3CC3)nc2N)CCOCC1. The number of carbonyl (C=O) groups excluding carboxylic acids is 1. The molecule has 116 valence electrons. The van der Waals surface area contributed by atoms with E-state index < -0.39 is 0 Å². The van der Waals surface area contributed by atoms with Crippen molar-refractivity contribution in [1.29, 1.82) is 0 Å². The van der Waals surface area contributed by atoms with Gasteiger partial charge in [-0.1, -0.05) is 18.3 Å².